The summed E-state index contributed by atoms with van der Waals surface area (Å²) in [6.07, 6.45) is 0. The average Bonchev–Trinajstić information content (AvgIpc) is 2.34. The predicted molar refractivity (Wildman–Crippen MR) is 72.9 cm³/mol. The third-order valence-corrected chi connectivity index (χ3v) is 2.98. The molecule has 0 aliphatic rings. The minimum Gasteiger partial charge on any atom is -0.478 e. The number of halogens is 1. The van der Waals surface area contributed by atoms with Crippen molar-refractivity contribution < 1.29 is 9.90 Å². The van der Waals surface area contributed by atoms with Gasteiger partial charge in [-0.2, -0.15) is 0 Å². The molecule has 2 aromatic carbocycles. The van der Waals surface area contributed by atoms with Crippen LogP contribution in [0.4, 0.5) is 11.4 Å². The molecule has 0 amide bonds. The van der Waals surface area contributed by atoms with Crippen LogP contribution in [0.1, 0.15) is 15.9 Å². The van der Waals surface area contributed by atoms with E-state index in [9.17, 15) is 4.79 Å². The Morgan fingerprint density at radius 1 is 1.17 bits per heavy atom. The van der Waals surface area contributed by atoms with E-state index in [1.54, 1.807) is 24.3 Å². The molecule has 2 aromatic rings. The summed E-state index contributed by atoms with van der Waals surface area (Å²) in [6, 6.07) is 12.2. The Hall–Kier alpha value is -2.00. The Bertz CT molecular complexity index is 596. The van der Waals surface area contributed by atoms with E-state index >= 15 is 0 Å². The van der Waals surface area contributed by atoms with Crippen LogP contribution >= 0.6 is 11.6 Å². The van der Waals surface area contributed by atoms with Crippen LogP contribution in [0.3, 0.4) is 0 Å². The van der Waals surface area contributed by atoms with Gasteiger partial charge in [-0.05, 0) is 42.8 Å². The van der Waals surface area contributed by atoms with Crippen LogP contribution in [-0.4, -0.2) is 11.1 Å². The molecule has 0 aliphatic heterocycles. The van der Waals surface area contributed by atoms with Crippen LogP contribution in [0.5, 0.6) is 0 Å². The van der Waals surface area contributed by atoms with E-state index in [0.717, 1.165) is 16.9 Å². The number of rotatable bonds is 3. The molecule has 18 heavy (non-hydrogen) atoms. The molecule has 2 N–H and O–H groups in total. The Kier molecular flexibility index (Phi) is 3.53. The number of benzene rings is 2. The largest absolute Gasteiger partial charge is 0.478 e. The van der Waals surface area contributed by atoms with Gasteiger partial charge in [0, 0.05) is 16.4 Å². The first kappa shape index (κ1) is 12.5. The normalized spacial score (nSPS) is 10.1. The lowest BCUT2D eigenvalue weighted by Gasteiger charge is -2.08. The minimum atomic E-state index is -0.944. The Labute approximate surface area is 110 Å². The molecule has 0 fully saturated rings. The number of carbonyl (C=O) groups is 1. The molecule has 0 saturated heterocycles. The maximum Gasteiger partial charge on any atom is 0.335 e. The van der Waals surface area contributed by atoms with E-state index in [2.05, 4.69) is 5.32 Å². The Morgan fingerprint density at radius 2 is 1.89 bits per heavy atom. The fourth-order valence-electron chi connectivity index (χ4n) is 1.57. The maximum atomic E-state index is 10.9. The molecule has 0 bridgehead atoms. The minimum absolute atomic E-state index is 0.248. The Morgan fingerprint density at radius 3 is 2.56 bits per heavy atom. The molecule has 0 aliphatic carbocycles. The van der Waals surface area contributed by atoms with Crippen molar-refractivity contribution in [3.63, 3.8) is 0 Å². The molecule has 2 rings (SSSR count). The standard InChI is InChI=1S/C14H12ClNO2/c1-9-5-6-12(8-13(9)15)16-11-4-2-3-10(7-11)14(17)18/h2-8,16H,1H3,(H,17,18). The van der Waals surface area contributed by atoms with Gasteiger partial charge in [0.15, 0.2) is 0 Å². The van der Waals surface area contributed by atoms with E-state index in [0.29, 0.717) is 5.02 Å². The van der Waals surface area contributed by atoms with Crippen LogP contribution in [-0.2, 0) is 0 Å². The number of aryl methyl sites for hydroxylation is 1. The highest BCUT2D eigenvalue weighted by Crippen LogP contribution is 2.23. The van der Waals surface area contributed by atoms with Gasteiger partial charge in [-0.25, -0.2) is 4.79 Å². The fraction of sp³-hybridized carbons (Fsp3) is 0.0714. The van der Waals surface area contributed by atoms with E-state index in [1.165, 1.54) is 0 Å². The summed E-state index contributed by atoms with van der Waals surface area (Å²) in [5.41, 5.74) is 2.79. The smallest absolute Gasteiger partial charge is 0.335 e. The summed E-state index contributed by atoms with van der Waals surface area (Å²) in [4.78, 5) is 10.9. The van der Waals surface area contributed by atoms with Crippen molar-refractivity contribution in [1.82, 2.24) is 0 Å². The van der Waals surface area contributed by atoms with Gasteiger partial charge in [-0.3, -0.25) is 0 Å². The van der Waals surface area contributed by atoms with E-state index < -0.39 is 5.97 Å². The van der Waals surface area contributed by atoms with Gasteiger partial charge >= 0.3 is 5.97 Å². The molecule has 0 saturated carbocycles. The Balaban J connectivity index is 2.25. The third-order valence-electron chi connectivity index (χ3n) is 2.57. The summed E-state index contributed by atoms with van der Waals surface area (Å²) >= 11 is 6.03. The fourth-order valence-corrected chi connectivity index (χ4v) is 1.75. The van der Waals surface area contributed by atoms with Crippen molar-refractivity contribution in [2.24, 2.45) is 0 Å². The molecular formula is C14H12ClNO2. The number of carboxylic acids is 1. The van der Waals surface area contributed by atoms with Crippen molar-refractivity contribution in [2.45, 2.75) is 6.92 Å². The number of hydrogen-bond donors (Lipinski definition) is 2. The van der Waals surface area contributed by atoms with Gasteiger partial charge in [0.1, 0.15) is 0 Å². The topological polar surface area (TPSA) is 49.3 Å². The number of aromatic carboxylic acids is 1. The molecule has 0 spiro atoms. The second-order valence-corrected chi connectivity index (χ2v) is 4.38. The maximum absolute atomic E-state index is 10.9. The van der Waals surface area contributed by atoms with Crippen LogP contribution in [0.2, 0.25) is 5.02 Å². The molecule has 0 atom stereocenters. The van der Waals surface area contributed by atoms with Crippen molar-refractivity contribution in [3.05, 3.63) is 58.6 Å². The highest BCUT2D eigenvalue weighted by molar-refractivity contribution is 6.31. The highest BCUT2D eigenvalue weighted by atomic mass is 35.5. The number of hydrogen-bond acceptors (Lipinski definition) is 2. The van der Waals surface area contributed by atoms with E-state index in [4.69, 9.17) is 16.7 Å². The van der Waals surface area contributed by atoms with Crippen LogP contribution < -0.4 is 5.32 Å². The predicted octanol–water partition coefficient (Wildman–Crippen LogP) is 4.09. The summed E-state index contributed by atoms with van der Waals surface area (Å²) in [5.74, 6) is -0.944. The zero-order chi connectivity index (χ0) is 13.1. The van der Waals surface area contributed by atoms with Gasteiger partial charge in [0.05, 0.1) is 5.56 Å². The number of nitrogens with one attached hydrogen (secondary N) is 1. The first-order chi connectivity index (χ1) is 8.56. The van der Waals surface area contributed by atoms with Crippen molar-refractivity contribution in [3.8, 4) is 0 Å². The van der Waals surface area contributed by atoms with E-state index in [-0.39, 0.29) is 5.56 Å². The zero-order valence-corrected chi connectivity index (χ0v) is 10.5. The lowest BCUT2D eigenvalue weighted by Crippen LogP contribution is -1.97. The third kappa shape index (κ3) is 2.81. The average molecular weight is 262 g/mol. The number of anilines is 2. The molecule has 0 aromatic heterocycles. The molecule has 92 valence electrons. The van der Waals surface area contributed by atoms with Crippen LogP contribution in [0.25, 0.3) is 0 Å². The van der Waals surface area contributed by atoms with E-state index in [1.807, 2.05) is 25.1 Å². The first-order valence-corrected chi connectivity index (χ1v) is 5.80. The van der Waals surface area contributed by atoms with Crippen LogP contribution in [0.15, 0.2) is 42.5 Å². The molecule has 3 nitrogen and oxygen atoms in total. The van der Waals surface area contributed by atoms with Gasteiger partial charge in [-0.1, -0.05) is 23.7 Å². The summed E-state index contributed by atoms with van der Waals surface area (Å²) < 4.78 is 0. The molecule has 0 heterocycles. The van der Waals surface area contributed by atoms with Gasteiger partial charge < -0.3 is 10.4 Å². The zero-order valence-electron chi connectivity index (χ0n) is 9.77. The van der Waals surface area contributed by atoms with Crippen LogP contribution in [0, 0.1) is 6.92 Å². The van der Waals surface area contributed by atoms with Crippen molar-refractivity contribution in [1.29, 1.82) is 0 Å². The quantitative estimate of drug-likeness (QED) is 0.875. The SMILES string of the molecule is Cc1ccc(Nc2cccc(C(=O)O)c2)cc1Cl. The van der Waals surface area contributed by atoms with Gasteiger partial charge in [0.25, 0.3) is 0 Å². The lowest BCUT2D eigenvalue weighted by molar-refractivity contribution is 0.0697. The lowest BCUT2D eigenvalue weighted by atomic mass is 10.2. The number of carboxylic acid groups (broad SMARTS) is 1. The monoisotopic (exact) mass is 261 g/mol. The highest BCUT2D eigenvalue weighted by Gasteiger charge is 2.04. The first-order valence-electron chi connectivity index (χ1n) is 5.43. The second-order valence-electron chi connectivity index (χ2n) is 3.97. The summed E-state index contributed by atoms with van der Waals surface area (Å²) in [5, 5.41) is 12.7. The second kappa shape index (κ2) is 5.10. The van der Waals surface area contributed by atoms with Gasteiger partial charge in [-0.15, -0.1) is 0 Å². The molecule has 4 heteroatoms. The molecule has 0 unspecified atom stereocenters. The summed E-state index contributed by atoms with van der Waals surface area (Å²) in [7, 11) is 0. The molecule has 0 radical (unpaired) electrons. The summed E-state index contributed by atoms with van der Waals surface area (Å²) in [6.45, 7) is 1.93. The molecular weight excluding hydrogens is 250 g/mol. The van der Waals surface area contributed by atoms with Crippen molar-refractivity contribution in [2.75, 3.05) is 5.32 Å². The van der Waals surface area contributed by atoms with Crippen molar-refractivity contribution >= 4 is 28.9 Å². The van der Waals surface area contributed by atoms with Gasteiger partial charge in [0.2, 0.25) is 0 Å².